The summed E-state index contributed by atoms with van der Waals surface area (Å²) in [6.45, 7) is 11.2. The molecule has 0 fully saturated rings. The number of nitrogens with zero attached hydrogens (tertiary/aromatic N) is 1. The van der Waals surface area contributed by atoms with Crippen molar-refractivity contribution in [3.05, 3.63) is 64.2 Å². The highest BCUT2D eigenvalue weighted by atomic mass is 32.2. The van der Waals surface area contributed by atoms with Crippen LogP contribution in [0.1, 0.15) is 26.3 Å². The van der Waals surface area contributed by atoms with Crippen LogP contribution in [0.5, 0.6) is 0 Å². The van der Waals surface area contributed by atoms with Crippen LogP contribution in [-0.2, 0) is 21.1 Å². The molecular weight excluding hydrogens is 396 g/mol. The summed E-state index contributed by atoms with van der Waals surface area (Å²) in [6, 6.07) is 11.8. The zero-order valence-electron chi connectivity index (χ0n) is 16.7. The molecule has 0 bridgehead atoms. The summed E-state index contributed by atoms with van der Waals surface area (Å²) in [6.07, 6.45) is 0. The van der Waals surface area contributed by atoms with E-state index in [0.29, 0.717) is 12.3 Å². The molecule has 0 unspecified atom stereocenters. The Kier molecular flexibility index (Phi) is 6.32. The van der Waals surface area contributed by atoms with Crippen LogP contribution in [0, 0.1) is 10.1 Å². The third-order valence-electron chi connectivity index (χ3n) is 4.94. The molecule has 0 heterocycles. The molecule has 0 aromatic heterocycles. The van der Waals surface area contributed by atoms with E-state index in [1.807, 2.05) is 6.07 Å². The van der Waals surface area contributed by atoms with Gasteiger partial charge in [-0.3, -0.25) is 14.8 Å². The van der Waals surface area contributed by atoms with Crippen molar-refractivity contribution in [3.8, 4) is 0 Å². The molecule has 0 aliphatic rings. The lowest BCUT2D eigenvalue weighted by molar-refractivity contribution is -0.384. The highest BCUT2D eigenvalue weighted by Gasteiger charge is 2.37. The molecule has 0 saturated heterocycles. The van der Waals surface area contributed by atoms with Gasteiger partial charge in [0, 0.05) is 17.8 Å². The van der Waals surface area contributed by atoms with Gasteiger partial charge in [0.25, 0.3) is 15.7 Å². The number of nitro groups is 1. The van der Waals surface area contributed by atoms with Crippen molar-refractivity contribution in [1.82, 2.24) is 0 Å². The lowest BCUT2D eigenvalue weighted by Gasteiger charge is -2.36. The fourth-order valence-electron chi connectivity index (χ4n) is 2.17. The number of hydrogen-bond acceptors (Lipinski definition) is 5. The summed E-state index contributed by atoms with van der Waals surface area (Å²) in [5, 5.41) is 10.8. The molecule has 1 N–H and O–H groups in total. The summed E-state index contributed by atoms with van der Waals surface area (Å²) in [7, 11) is -5.76. The van der Waals surface area contributed by atoms with Gasteiger partial charge in [0.1, 0.15) is 0 Å². The maximum atomic E-state index is 12.5. The number of nitro benzene ring substituents is 1. The van der Waals surface area contributed by atoms with Crippen LogP contribution in [0.2, 0.25) is 18.1 Å². The Morgan fingerprint density at radius 3 is 2.25 bits per heavy atom. The fourth-order valence-corrected chi connectivity index (χ4v) is 4.18. The van der Waals surface area contributed by atoms with Gasteiger partial charge >= 0.3 is 0 Å². The molecule has 2 aromatic carbocycles. The normalized spacial score (nSPS) is 12.6. The topological polar surface area (TPSA) is 98.5 Å². The van der Waals surface area contributed by atoms with Crippen molar-refractivity contribution in [2.75, 3.05) is 4.72 Å². The van der Waals surface area contributed by atoms with E-state index in [4.69, 9.17) is 4.43 Å². The second kappa shape index (κ2) is 8.02. The first-order valence-electron chi connectivity index (χ1n) is 8.82. The third-order valence-corrected chi connectivity index (χ3v) is 10.8. The Morgan fingerprint density at radius 2 is 1.71 bits per heavy atom. The highest BCUT2D eigenvalue weighted by Crippen LogP contribution is 2.37. The molecule has 0 aliphatic carbocycles. The minimum Gasteiger partial charge on any atom is -0.413 e. The van der Waals surface area contributed by atoms with Crippen molar-refractivity contribution in [3.63, 3.8) is 0 Å². The number of sulfonamides is 1. The molecule has 28 heavy (non-hydrogen) atoms. The number of hydrogen-bond donors (Lipinski definition) is 1. The van der Waals surface area contributed by atoms with Crippen molar-refractivity contribution in [1.29, 1.82) is 0 Å². The van der Waals surface area contributed by atoms with Crippen LogP contribution in [0.4, 0.5) is 11.4 Å². The predicted molar refractivity (Wildman–Crippen MR) is 112 cm³/mol. The van der Waals surface area contributed by atoms with E-state index < -0.39 is 23.3 Å². The molecule has 9 heteroatoms. The second-order valence-electron chi connectivity index (χ2n) is 8.11. The third kappa shape index (κ3) is 5.40. The molecule has 0 spiro atoms. The molecule has 0 saturated carbocycles. The van der Waals surface area contributed by atoms with Crippen LogP contribution in [0.25, 0.3) is 0 Å². The van der Waals surface area contributed by atoms with Crippen molar-refractivity contribution < 1.29 is 17.8 Å². The largest absolute Gasteiger partial charge is 0.413 e. The molecule has 2 rings (SSSR count). The van der Waals surface area contributed by atoms with Gasteiger partial charge in [-0.25, -0.2) is 8.42 Å². The zero-order valence-corrected chi connectivity index (χ0v) is 18.5. The summed E-state index contributed by atoms with van der Waals surface area (Å²) in [5.74, 6) is 0. The lowest BCUT2D eigenvalue weighted by atomic mass is 10.2. The minimum absolute atomic E-state index is 0.0407. The van der Waals surface area contributed by atoms with Gasteiger partial charge in [-0.1, -0.05) is 32.9 Å². The molecule has 0 aliphatic heterocycles. The number of rotatable bonds is 7. The molecule has 152 valence electrons. The maximum absolute atomic E-state index is 12.5. The van der Waals surface area contributed by atoms with E-state index in [1.165, 1.54) is 12.1 Å². The van der Waals surface area contributed by atoms with Gasteiger partial charge in [-0.2, -0.15) is 0 Å². The first-order chi connectivity index (χ1) is 12.8. The first kappa shape index (κ1) is 22.1. The van der Waals surface area contributed by atoms with E-state index in [-0.39, 0.29) is 15.6 Å². The first-order valence-corrected chi connectivity index (χ1v) is 13.2. The van der Waals surface area contributed by atoms with E-state index in [1.54, 1.807) is 18.2 Å². The monoisotopic (exact) mass is 422 g/mol. The average Bonchev–Trinajstić information content (AvgIpc) is 2.59. The van der Waals surface area contributed by atoms with Gasteiger partial charge in [-0.05, 0) is 48.0 Å². The van der Waals surface area contributed by atoms with E-state index in [0.717, 1.165) is 17.7 Å². The van der Waals surface area contributed by atoms with Crippen LogP contribution < -0.4 is 4.72 Å². The van der Waals surface area contributed by atoms with Crippen LogP contribution in [0.3, 0.4) is 0 Å². The summed E-state index contributed by atoms with van der Waals surface area (Å²) in [4.78, 5) is 10.1. The maximum Gasteiger partial charge on any atom is 0.269 e. The SMILES string of the molecule is CC(C)(C)[Si](C)(C)OCc1cccc(NS(=O)(=O)c2ccc([N+](=O)[O-])cc2)c1. The van der Waals surface area contributed by atoms with Crippen LogP contribution >= 0.6 is 0 Å². The minimum atomic E-state index is -3.84. The molecule has 0 radical (unpaired) electrons. The van der Waals surface area contributed by atoms with E-state index in [9.17, 15) is 18.5 Å². The van der Waals surface area contributed by atoms with Gasteiger partial charge in [0.05, 0.1) is 16.4 Å². The average molecular weight is 423 g/mol. The van der Waals surface area contributed by atoms with Crippen molar-refractivity contribution in [2.24, 2.45) is 0 Å². The Morgan fingerprint density at radius 1 is 1.11 bits per heavy atom. The molecule has 0 amide bonds. The Balaban J connectivity index is 2.14. The lowest BCUT2D eigenvalue weighted by Crippen LogP contribution is -2.40. The molecule has 0 atom stereocenters. The highest BCUT2D eigenvalue weighted by molar-refractivity contribution is 7.92. The van der Waals surface area contributed by atoms with Gasteiger partial charge in [0.15, 0.2) is 8.32 Å². The van der Waals surface area contributed by atoms with E-state index in [2.05, 4.69) is 38.6 Å². The van der Waals surface area contributed by atoms with Crippen molar-refractivity contribution in [2.45, 2.75) is 50.4 Å². The Labute approximate surface area is 167 Å². The number of benzene rings is 2. The summed E-state index contributed by atoms with van der Waals surface area (Å²) >= 11 is 0. The Hall–Kier alpha value is -2.23. The zero-order chi connectivity index (χ0) is 21.2. The fraction of sp³-hybridized carbons (Fsp3) is 0.368. The summed E-state index contributed by atoms with van der Waals surface area (Å²) in [5.41, 5.74) is 1.12. The van der Waals surface area contributed by atoms with Gasteiger partial charge in [0.2, 0.25) is 0 Å². The number of non-ortho nitro benzene ring substituents is 1. The van der Waals surface area contributed by atoms with Gasteiger partial charge < -0.3 is 4.43 Å². The smallest absolute Gasteiger partial charge is 0.269 e. The van der Waals surface area contributed by atoms with Crippen LogP contribution in [0.15, 0.2) is 53.4 Å². The quantitative estimate of drug-likeness (QED) is 0.388. The standard InChI is InChI=1S/C19H26N2O5SSi/c1-19(2,3)28(4,5)26-14-15-7-6-8-16(13-15)20-27(24,25)18-11-9-17(10-12-18)21(22)23/h6-13,20H,14H2,1-5H3. The number of nitrogens with one attached hydrogen (secondary N) is 1. The Bertz CT molecular complexity index is 951. The molecule has 2 aromatic rings. The number of anilines is 1. The van der Waals surface area contributed by atoms with Crippen molar-refractivity contribution >= 4 is 29.7 Å². The van der Waals surface area contributed by atoms with Crippen LogP contribution in [-0.4, -0.2) is 21.7 Å². The van der Waals surface area contributed by atoms with Gasteiger partial charge in [-0.15, -0.1) is 0 Å². The summed E-state index contributed by atoms with van der Waals surface area (Å²) < 4.78 is 33.8. The molecule has 7 nitrogen and oxygen atoms in total. The predicted octanol–water partition coefficient (Wildman–Crippen LogP) is 4.92. The van der Waals surface area contributed by atoms with E-state index >= 15 is 0 Å². The molecular formula is C19H26N2O5SSi. The second-order valence-corrected chi connectivity index (χ2v) is 14.6.